The maximum Gasteiger partial charge on any atom is 0.336 e. The standard InChI is InChI=1S/C83H93Cl3N8O26/c1-37(2)8-23-65(102)92-70-71(104)45-17-22-59(52(86)26-45)118-61-28-46-27-60(74(61)120-82-75(73(106)72(105)63(35-96)119-82)116-39(4)115-38(3)76(107)83(5,6)89-33-62(81(112)113-7)114-36-40-9-11-41(12-10-40)42-13-18-47(84)19-14-42)117-58-21-16-43(25-51(58)85)56(99)32-66(103)90-54(34-95)49-29-48(97)30-57(100)67(49)50-24-44(15-20-55(50)98)68(77(88)108)93-79(110)69(46)94-78(109)53(31-64(87)101)91-80(70)111/h9-22,24-30,34,37-39,53-54,56,62-63,68-73,75-76,82,89,96-100,104-107H,8,23,31-33,35-36H2,1-7H3,(H2,87,101)(H2,88,108)(H,90,103)(H,91,111)(H,92,102)(H,93,110)(H,94,109)/t38?,39?,53?,54?,56-,62?,63?,68+,69?,70-,71?,72?,73?,75?,76?,82?/m0/s1. The molecule has 9 bridgehead atoms. The topological polar surface area (TPSA) is 534 Å². The Morgan fingerprint density at radius 1 is 0.708 bits per heavy atom. The second kappa shape index (κ2) is 40.1. The van der Waals surface area contributed by atoms with Crippen LogP contribution < -0.4 is 57.6 Å². The lowest BCUT2D eigenvalue weighted by Crippen LogP contribution is -2.62. The average molecular weight is 1730 g/mol. The van der Waals surface area contributed by atoms with Crippen molar-refractivity contribution in [2.24, 2.45) is 17.4 Å². The summed E-state index contributed by atoms with van der Waals surface area (Å²) in [4.78, 5) is 127. The molecule has 19 N–H and O–H groups in total. The maximum atomic E-state index is 15.9. The summed E-state index contributed by atoms with van der Waals surface area (Å²) in [5, 5.41) is 120. The number of primary amides is 2. The molecule has 0 saturated carbocycles. The lowest BCUT2D eigenvalue weighted by atomic mass is 9.90. The molecule has 7 aromatic rings. The van der Waals surface area contributed by atoms with E-state index in [4.69, 9.17) is 84.2 Å². The van der Waals surface area contributed by atoms with Crippen molar-refractivity contribution in [3.63, 3.8) is 0 Å². The molecule has 1 saturated heterocycles. The first-order valence-corrected chi connectivity index (χ1v) is 39.0. The number of amides is 7. The number of aldehydes is 1. The minimum atomic E-state index is -2.33. The predicted octanol–water partition coefficient (Wildman–Crippen LogP) is 5.75. The second-order valence-corrected chi connectivity index (χ2v) is 31.1. The van der Waals surface area contributed by atoms with Crippen molar-refractivity contribution in [2.45, 2.75) is 177 Å². The van der Waals surface area contributed by atoms with E-state index in [2.05, 4.69) is 31.9 Å². The number of aromatic hydroxyl groups is 3. The first-order chi connectivity index (χ1) is 56.8. The van der Waals surface area contributed by atoms with Crippen molar-refractivity contribution >= 4 is 88.4 Å². The Hall–Kier alpha value is -10.8. The Labute approximate surface area is 702 Å². The molecule has 7 amide bonds. The number of esters is 1. The van der Waals surface area contributed by atoms with Crippen molar-refractivity contribution in [1.29, 1.82) is 0 Å². The van der Waals surface area contributed by atoms with Crippen molar-refractivity contribution in [3.05, 3.63) is 176 Å². The quantitative estimate of drug-likeness (QED) is 0.0184. The predicted molar refractivity (Wildman–Crippen MR) is 429 cm³/mol. The van der Waals surface area contributed by atoms with Crippen LogP contribution in [0.2, 0.25) is 15.1 Å². The molecule has 0 radical (unpaired) electrons. The molecular formula is C83H93Cl3N8O26. The van der Waals surface area contributed by atoms with Gasteiger partial charge in [0.2, 0.25) is 53.4 Å². The fourth-order valence-corrected chi connectivity index (χ4v) is 14.2. The first kappa shape index (κ1) is 91.5. The molecule has 5 aliphatic rings. The number of aliphatic hydroxyl groups is 6. The smallest absolute Gasteiger partial charge is 0.336 e. The normalized spacial score (nSPS) is 22.7. The zero-order chi connectivity index (χ0) is 87.5. The number of halogens is 3. The number of phenols is 3. The molecule has 0 spiro atoms. The van der Waals surface area contributed by atoms with Gasteiger partial charge in [-0.15, -0.1) is 0 Å². The molecule has 0 aromatic heterocycles. The third-order valence-electron chi connectivity index (χ3n) is 20.2. The molecule has 7 aromatic carbocycles. The minimum absolute atomic E-state index is 0.0160. The van der Waals surface area contributed by atoms with Crippen LogP contribution in [0.5, 0.6) is 46.0 Å². The molecule has 37 heteroatoms. The molecule has 13 unspecified atom stereocenters. The van der Waals surface area contributed by atoms with Gasteiger partial charge in [-0.2, -0.15) is 0 Å². The first-order valence-electron chi connectivity index (χ1n) is 37.8. The zero-order valence-electron chi connectivity index (χ0n) is 65.7. The van der Waals surface area contributed by atoms with Crippen LogP contribution in [0.25, 0.3) is 22.3 Å². The molecule has 1 fully saturated rings. The summed E-state index contributed by atoms with van der Waals surface area (Å²) in [6.45, 7) is 8.46. The van der Waals surface area contributed by atoms with E-state index in [1.54, 1.807) is 26.0 Å². The molecule has 34 nitrogen and oxygen atoms in total. The van der Waals surface area contributed by atoms with E-state index in [0.29, 0.717) is 11.4 Å². The van der Waals surface area contributed by atoms with Gasteiger partial charge in [-0.05, 0) is 151 Å². The lowest BCUT2D eigenvalue weighted by molar-refractivity contribution is -0.320. The Kier molecular flexibility index (Phi) is 30.5. The Morgan fingerprint density at radius 2 is 1.33 bits per heavy atom. The number of ether oxygens (including phenoxy) is 8. The number of nitrogens with one attached hydrogen (secondary N) is 6. The van der Waals surface area contributed by atoms with Gasteiger partial charge < -0.3 is 132 Å². The van der Waals surface area contributed by atoms with Crippen molar-refractivity contribution < 1.29 is 127 Å². The number of fused-ring (bicyclic) bond motifs is 16. The number of nitrogens with two attached hydrogens (primary N) is 2. The van der Waals surface area contributed by atoms with Gasteiger partial charge in [0.1, 0.15) is 89.7 Å². The Balaban J connectivity index is 1.09. The fraction of sp³-hybridized carbons (Fsp3) is 0.386. The van der Waals surface area contributed by atoms with Gasteiger partial charge in [0.15, 0.2) is 30.0 Å². The van der Waals surface area contributed by atoms with Gasteiger partial charge >= 0.3 is 5.97 Å². The number of carbonyl (C=O) groups excluding carboxylic acids is 9. The average Bonchev–Trinajstić information content (AvgIpc) is 0.776. The van der Waals surface area contributed by atoms with E-state index in [1.165, 1.54) is 45.2 Å². The minimum Gasteiger partial charge on any atom is -0.508 e. The molecule has 5 heterocycles. The highest BCUT2D eigenvalue weighted by Gasteiger charge is 2.49. The van der Waals surface area contributed by atoms with E-state index in [1.807, 2.05) is 50.2 Å². The SMILES string of the molecule is COC(=O)C(CNC(C)(C)C(O)C(C)OC(C)OC1C(Oc2c3cc4cc2Oc2ccc(cc2Cl)[C@@H](O)CC(=O)NC(C=O)c2cc(O)cc(O)c2-c2cc(ccc2O)[C@H](C(N)=O)NC(=O)C4NC(=O)C(CC(N)=O)NC(=O)[C@@H](NC(=O)CCC(C)C)C(O)c2ccc(c(Cl)c2)O3)OC(CO)C(O)C1O)OCc1ccc(-c2ccc(Cl)cc2)cc1. The van der Waals surface area contributed by atoms with Gasteiger partial charge in [-0.1, -0.05) is 103 Å². The van der Waals surface area contributed by atoms with Crippen LogP contribution >= 0.6 is 34.8 Å². The van der Waals surface area contributed by atoms with Crippen LogP contribution in [0.1, 0.15) is 131 Å². The largest absolute Gasteiger partial charge is 0.508 e. The second-order valence-electron chi connectivity index (χ2n) is 29.9. The third-order valence-corrected chi connectivity index (χ3v) is 21.0. The Morgan fingerprint density at radius 3 is 1.93 bits per heavy atom. The summed E-state index contributed by atoms with van der Waals surface area (Å²) >= 11 is 20.2. The van der Waals surface area contributed by atoms with E-state index in [9.17, 15) is 79.5 Å². The molecule has 642 valence electrons. The van der Waals surface area contributed by atoms with Gasteiger partial charge in [-0.25, -0.2) is 4.79 Å². The fourth-order valence-electron chi connectivity index (χ4n) is 13.6. The monoisotopic (exact) mass is 1720 g/mol. The number of hydrogen-bond acceptors (Lipinski definition) is 27. The number of rotatable bonds is 25. The van der Waals surface area contributed by atoms with Crippen LogP contribution in [0.15, 0.2) is 127 Å². The summed E-state index contributed by atoms with van der Waals surface area (Å²) < 4.78 is 50.0. The molecule has 16 atom stereocenters. The summed E-state index contributed by atoms with van der Waals surface area (Å²) in [5.74, 6) is -14.1. The summed E-state index contributed by atoms with van der Waals surface area (Å²) in [5.41, 5.74) is 10.8. The molecule has 120 heavy (non-hydrogen) atoms. The summed E-state index contributed by atoms with van der Waals surface area (Å²) in [6.07, 6.45) is -20.6. The van der Waals surface area contributed by atoms with Crippen LogP contribution in [-0.2, 0) is 73.4 Å². The Bertz CT molecular complexity index is 4930. The number of benzene rings is 7. The van der Waals surface area contributed by atoms with E-state index < -0.39 is 221 Å². The van der Waals surface area contributed by atoms with Crippen LogP contribution in [-0.4, -0.2) is 193 Å². The highest BCUT2D eigenvalue weighted by Crippen LogP contribution is 2.50. The number of aliphatic hydroxyl groups excluding tert-OH is 6. The van der Waals surface area contributed by atoms with Gasteiger partial charge in [-0.3, -0.25) is 33.6 Å². The van der Waals surface area contributed by atoms with Crippen LogP contribution in [0, 0.1) is 5.92 Å². The summed E-state index contributed by atoms with van der Waals surface area (Å²) in [7, 11) is 1.19. The van der Waals surface area contributed by atoms with Gasteiger partial charge in [0, 0.05) is 40.7 Å². The number of phenolic OH excluding ortho intramolecular Hbond substituents is 3. The highest BCUT2D eigenvalue weighted by atomic mass is 35.5. The zero-order valence-corrected chi connectivity index (χ0v) is 68.0. The molecule has 0 aliphatic carbocycles. The van der Waals surface area contributed by atoms with Gasteiger partial charge in [0.25, 0.3) is 0 Å². The molecule has 5 aliphatic heterocycles. The number of hydrogen-bond donors (Lipinski definition) is 17. The maximum absolute atomic E-state index is 15.9. The third kappa shape index (κ3) is 22.4. The van der Waals surface area contributed by atoms with Crippen LogP contribution in [0.3, 0.4) is 0 Å². The van der Waals surface area contributed by atoms with E-state index in [-0.39, 0.29) is 75.6 Å². The van der Waals surface area contributed by atoms with E-state index >= 15 is 9.59 Å². The molecule has 12 rings (SSSR count). The number of carbonyl (C=O) groups is 9. The van der Waals surface area contributed by atoms with Gasteiger partial charge in [0.05, 0.1) is 61.5 Å². The van der Waals surface area contributed by atoms with Crippen molar-refractivity contribution in [3.8, 4) is 68.2 Å². The van der Waals surface area contributed by atoms with Crippen molar-refractivity contribution in [1.82, 2.24) is 31.9 Å². The molecular weight excluding hydrogens is 1630 g/mol. The van der Waals surface area contributed by atoms with Crippen molar-refractivity contribution in [2.75, 3.05) is 20.3 Å². The number of methoxy groups -OCH3 is 1. The van der Waals surface area contributed by atoms with E-state index in [0.717, 1.165) is 71.3 Å². The lowest BCUT2D eigenvalue weighted by Gasteiger charge is -2.43. The van der Waals surface area contributed by atoms with Crippen LogP contribution in [0.4, 0.5) is 0 Å². The summed E-state index contributed by atoms with van der Waals surface area (Å²) in [6, 6.07) is 18.4. The highest BCUT2D eigenvalue weighted by molar-refractivity contribution is 6.32.